The predicted molar refractivity (Wildman–Crippen MR) is 132 cm³/mol. The lowest BCUT2D eigenvalue weighted by atomic mass is 9.46. The third kappa shape index (κ3) is 3.40. The minimum absolute atomic E-state index is 0.0356. The summed E-state index contributed by atoms with van der Waals surface area (Å²) in [5, 5.41) is 10.7. The molecule has 0 spiro atoms. The first-order chi connectivity index (χ1) is 14.0. The van der Waals surface area contributed by atoms with Crippen molar-refractivity contribution in [1.29, 1.82) is 0 Å². The molecule has 168 valence electrons. The van der Waals surface area contributed by atoms with E-state index in [4.69, 9.17) is 0 Å². The van der Waals surface area contributed by atoms with Gasteiger partial charge in [0.25, 0.3) is 0 Å². The van der Waals surface area contributed by atoms with Gasteiger partial charge in [0.15, 0.2) is 0 Å². The molecule has 0 bridgehead atoms. The maximum Gasteiger partial charge on any atom is 0.0594 e. The summed E-state index contributed by atoms with van der Waals surface area (Å²) in [6, 6.07) is 0. The van der Waals surface area contributed by atoms with Crippen LogP contribution in [-0.2, 0) is 0 Å². The quantitative estimate of drug-likeness (QED) is 0.456. The summed E-state index contributed by atoms with van der Waals surface area (Å²) in [6.07, 6.45) is 11.0. The fraction of sp³-hybridized carbons (Fsp3) is 0.786. The van der Waals surface area contributed by atoms with Crippen LogP contribution in [0.5, 0.6) is 0 Å². The number of hydrogen-bond acceptors (Lipinski definition) is 2. The van der Waals surface area contributed by atoms with Crippen LogP contribution in [0.3, 0.4) is 0 Å². The van der Waals surface area contributed by atoms with Crippen LogP contribution in [0.15, 0.2) is 34.9 Å². The summed E-state index contributed by atoms with van der Waals surface area (Å²) in [5.41, 5.74) is 7.25. The normalized spacial score (nSPS) is 40.9. The van der Waals surface area contributed by atoms with Gasteiger partial charge in [0.1, 0.15) is 0 Å². The lowest BCUT2D eigenvalue weighted by Crippen LogP contribution is -2.53. The summed E-state index contributed by atoms with van der Waals surface area (Å²) >= 11 is 2.07. The van der Waals surface area contributed by atoms with Gasteiger partial charge in [-0.2, -0.15) is 11.8 Å². The molecule has 6 atom stereocenters. The minimum Gasteiger partial charge on any atom is -0.393 e. The number of aliphatic hydroxyl groups is 1. The average molecular weight is 429 g/mol. The highest BCUT2D eigenvalue weighted by molar-refractivity contribution is 7.99. The lowest BCUT2D eigenvalue weighted by Gasteiger charge is -2.59. The fourth-order valence-electron chi connectivity index (χ4n) is 8.11. The smallest absolute Gasteiger partial charge is 0.0594 e. The van der Waals surface area contributed by atoms with E-state index in [1.54, 1.807) is 16.7 Å². The summed E-state index contributed by atoms with van der Waals surface area (Å²) in [4.78, 5) is 0. The van der Waals surface area contributed by atoms with Crippen molar-refractivity contribution in [3.8, 4) is 0 Å². The zero-order valence-electron chi connectivity index (χ0n) is 20.3. The first-order valence-electron chi connectivity index (χ1n) is 12.4. The van der Waals surface area contributed by atoms with Crippen molar-refractivity contribution in [2.45, 2.75) is 92.6 Å². The molecule has 0 aromatic heterocycles. The van der Waals surface area contributed by atoms with Crippen molar-refractivity contribution in [2.24, 2.45) is 34.0 Å². The first kappa shape index (κ1) is 22.7. The van der Waals surface area contributed by atoms with E-state index in [9.17, 15) is 5.11 Å². The molecule has 0 amide bonds. The summed E-state index contributed by atoms with van der Waals surface area (Å²) in [7, 11) is 0. The molecule has 0 aromatic rings. The molecule has 0 radical (unpaired) electrons. The number of allylic oxidation sites excluding steroid dienone is 4. The van der Waals surface area contributed by atoms with E-state index >= 15 is 0 Å². The van der Waals surface area contributed by atoms with Gasteiger partial charge in [-0.3, -0.25) is 0 Å². The maximum absolute atomic E-state index is 10.7. The van der Waals surface area contributed by atoms with Gasteiger partial charge in [0.05, 0.1) is 6.10 Å². The molecule has 1 saturated carbocycles. The molecule has 4 rings (SSSR count). The van der Waals surface area contributed by atoms with Crippen molar-refractivity contribution in [3.05, 3.63) is 34.9 Å². The van der Waals surface area contributed by atoms with Gasteiger partial charge in [-0.15, -0.1) is 0 Å². The maximum atomic E-state index is 10.7. The Hall–Kier alpha value is -0.470. The highest BCUT2D eigenvalue weighted by atomic mass is 32.2. The molecule has 0 saturated heterocycles. The van der Waals surface area contributed by atoms with Gasteiger partial charge < -0.3 is 5.11 Å². The number of fused-ring (bicyclic) bond motifs is 4. The second-order valence-corrected chi connectivity index (χ2v) is 13.2. The van der Waals surface area contributed by atoms with Crippen LogP contribution in [0, 0.1) is 34.0 Å². The van der Waals surface area contributed by atoms with Gasteiger partial charge in [-0.05, 0) is 103 Å². The monoisotopic (exact) mass is 428 g/mol. The second kappa shape index (κ2) is 7.84. The molecule has 0 heterocycles. The predicted octanol–water partition coefficient (Wildman–Crippen LogP) is 7.57. The van der Waals surface area contributed by atoms with Crippen molar-refractivity contribution >= 4 is 11.8 Å². The second-order valence-electron chi connectivity index (χ2n) is 12.2. The van der Waals surface area contributed by atoms with Crippen molar-refractivity contribution in [3.63, 3.8) is 0 Å². The number of hydrogen-bond donors (Lipinski definition) is 1. The Balaban J connectivity index is 1.59. The Morgan fingerprint density at radius 1 is 1.17 bits per heavy atom. The van der Waals surface area contributed by atoms with Crippen molar-refractivity contribution < 1.29 is 5.11 Å². The average Bonchev–Trinajstić information content (AvgIpc) is 3.02. The minimum atomic E-state index is -0.140. The van der Waals surface area contributed by atoms with Gasteiger partial charge in [0, 0.05) is 5.75 Å². The topological polar surface area (TPSA) is 20.2 Å². The zero-order chi connectivity index (χ0) is 21.9. The van der Waals surface area contributed by atoms with E-state index in [2.05, 4.69) is 66.0 Å². The van der Waals surface area contributed by atoms with E-state index in [1.807, 2.05) is 0 Å². The molecule has 30 heavy (non-hydrogen) atoms. The lowest BCUT2D eigenvalue weighted by molar-refractivity contribution is -0.0905. The fourth-order valence-corrected chi connectivity index (χ4v) is 9.18. The van der Waals surface area contributed by atoms with Crippen LogP contribution >= 0.6 is 11.8 Å². The van der Waals surface area contributed by atoms with Crippen LogP contribution in [0.25, 0.3) is 0 Å². The van der Waals surface area contributed by atoms with Crippen LogP contribution in [-0.4, -0.2) is 22.7 Å². The number of aliphatic hydroxyl groups excluding tert-OH is 1. The molecule has 4 aliphatic carbocycles. The van der Waals surface area contributed by atoms with Crippen LogP contribution in [0.4, 0.5) is 0 Å². The van der Waals surface area contributed by atoms with E-state index in [0.29, 0.717) is 16.7 Å². The van der Waals surface area contributed by atoms with E-state index in [-0.39, 0.29) is 11.5 Å². The Kier molecular flexibility index (Phi) is 5.93. The Morgan fingerprint density at radius 3 is 2.60 bits per heavy atom. The van der Waals surface area contributed by atoms with Gasteiger partial charge in [-0.1, -0.05) is 58.4 Å². The van der Waals surface area contributed by atoms with Gasteiger partial charge in [-0.25, -0.2) is 0 Å². The van der Waals surface area contributed by atoms with Crippen molar-refractivity contribution in [1.82, 2.24) is 0 Å². The zero-order valence-corrected chi connectivity index (χ0v) is 21.1. The molecule has 1 N–H and O–H groups in total. The van der Waals surface area contributed by atoms with Crippen LogP contribution in [0.2, 0.25) is 0 Å². The largest absolute Gasteiger partial charge is 0.393 e. The Morgan fingerprint density at radius 2 is 1.90 bits per heavy atom. The summed E-state index contributed by atoms with van der Waals surface area (Å²) < 4.78 is 0. The molecule has 2 heteroatoms. The standard InChI is InChI=1S/C28H44OS/c1-18(2)16-30-17-19(3)21-9-10-22-20-8-11-24-26(4,5)25(29)13-15-28(24,7)23(20)12-14-27(21,22)6/h10,19,21,24-25,29H,1,8-9,11-17H2,2-7H3/t19-,21-,24+,25+,27-,28-/m1/s1. The molecule has 0 unspecified atom stereocenters. The Bertz CT molecular complexity index is 774. The van der Waals surface area contributed by atoms with Crippen LogP contribution in [0.1, 0.15) is 86.5 Å². The molecule has 1 fully saturated rings. The number of rotatable bonds is 5. The van der Waals surface area contributed by atoms with E-state index in [0.717, 1.165) is 24.0 Å². The molecule has 4 aliphatic rings. The van der Waals surface area contributed by atoms with Gasteiger partial charge >= 0.3 is 0 Å². The SMILES string of the molecule is C=C(C)CSC[C@@H](C)[C@H]1CC=C2C3=C(CC[C@@]21C)[C@@]1(C)CC[C@H](O)C(C)(C)[C@@H]1CC3. The third-order valence-electron chi connectivity index (χ3n) is 9.84. The Labute approximate surface area is 189 Å². The molecular formula is C28H44OS. The highest BCUT2D eigenvalue weighted by Gasteiger charge is 2.57. The first-order valence-corrected chi connectivity index (χ1v) is 13.5. The highest BCUT2D eigenvalue weighted by Crippen LogP contribution is 2.66. The molecule has 1 nitrogen and oxygen atoms in total. The van der Waals surface area contributed by atoms with Crippen molar-refractivity contribution in [2.75, 3.05) is 11.5 Å². The van der Waals surface area contributed by atoms with E-state index in [1.165, 1.54) is 49.9 Å². The third-order valence-corrected chi connectivity index (χ3v) is 11.3. The molecule has 0 aliphatic heterocycles. The van der Waals surface area contributed by atoms with E-state index < -0.39 is 0 Å². The van der Waals surface area contributed by atoms with Crippen LogP contribution < -0.4 is 0 Å². The molecule has 0 aromatic carbocycles. The number of thioether (sulfide) groups is 1. The summed E-state index contributed by atoms with van der Waals surface area (Å²) in [5.74, 6) is 4.52. The summed E-state index contributed by atoms with van der Waals surface area (Å²) in [6.45, 7) is 18.5. The van der Waals surface area contributed by atoms with Gasteiger partial charge in [0.2, 0.25) is 0 Å². The molecular weight excluding hydrogens is 384 g/mol.